The second kappa shape index (κ2) is 9.65. The molecule has 4 nitrogen and oxygen atoms in total. The van der Waals surface area contributed by atoms with Crippen LogP contribution in [0.1, 0.15) is 18.9 Å². The van der Waals surface area contributed by atoms with Gasteiger partial charge in [0.15, 0.2) is 0 Å². The molecule has 0 spiro atoms. The molecule has 0 fully saturated rings. The van der Waals surface area contributed by atoms with E-state index in [1.54, 1.807) is 17.5 Å². The molecule has 1 amide bonds. The molecule has 0 bridgehead atoms. The lowest BCUT2D eigenvalue weighted by Gasteiger charge is -2.14. The fourth-order valence-corrected chi connectivity index (χ4v) is 1.71. The first kappa shape index (κ1) is 19.0. The fraction of sp³-hybridized carbons (Fsp3) is 0.600. The minimum absolute atomic E-state index is 0. The lowest BCUT2D eigenvalue weighted by molar-refractivity contribution is -0.123. The molecule has 0 aromatic carbocycles. The summed E-state index contributed by atoms with van der Waals surface area (Å²) in [6, 6.07) is -0.415. The van der Waals surface area contributed by atoms with Gasteiger partial charge in [-0.15, -0.1) is 36.2 Å². The Balaban J connectivity index is 0. The van der Waals surface area contributed by atoms with E-state index < -0.39 is 6.04 Å². The summed E-state index contributed by atoms with van der Waals surface area (Å²) < 4.78 is 0. The highest BCUT2D eigenvalue weighted by Crippen LogP contribution is 2.03. The Morgan fingerprint density at radius 3 is 2.65 bits per heavy atom. The molecule has 100 valence electrons. The van der Waals surface area contributed by atoms with Gasteiger partial charge >= 0.3 is 0 Å². The summed E-state index contributed by atoms with van der Waals surface area (Å²) in [5.74, 6) is 0.0893. The summed E-state index contributed by atoms with van der Waals surface area (Å²) in [5, 5.41) is 5.77. The van der Waals surface area contributed by atoms with Crippen LogP contribution in [0.15, 0.2) is 11.6 Å². The number of halogens is 2. The van der Waals surface area contributed by atoms with Gasteiger partial charge in [-0.1, -0.05) is 13.8 Å². The average Bonchev–Trinajstić information content (AvgIpc) is 2.69. The first-order valence-corrected chi connectivity index (χ1v) is 5.91. The van der Waals surface area contributed by atoms with Crippen molar-refractivity contribution in [2.24, 2.45) is 11.7 Å². The highest BCUT2D eigenvalue weighted by atomic mass is 35.5. The van der Waals surface area contributed by atoms with Gasteiger partial charge in [0.05, 0.1) is 11.0 Å². The Bertz CT molecular complexity index is 307. The minimum atomic E-state index is -0.415. The zero-order chi connectivity index (χ0) is 11.3. The number of aromatic nitrogens is 1. The number of hydrogen-bond donors (Lipinski definition) is 2. The molecular formula is C10H19Cl2N3OS. The number of nitrogens with two attached hydrogens (primary N) is 1. The normalized spacial score (nSPS) is 11.3. The molecule has 7 heteroatoms. The second-order valence-electron chi connectivity index (χ2n) is 3.74. The number of hydrogen-bond acceptors (Lipinski definition) is 4. The summed E-state index contributed by atoms with van der Waals surface area (Å²) in [5.41, 5.74) is 5.69. The number of amides is 1. The van der Waals surface area contributed by atoms with Crippen LogP contribution < -0.4 is 11.1 Å². The zero-order valence-electron chi connectivity index (χ0n) is 9.88. The van der Waals surface area contributed by atoms with Gasteiger partial charge in [-0.3, -0.25) is 4.79 Å². The van der Waals surface area contributed by atoms with Gasteiger partial charge in [0.1, 0.15) is 0 Å². The van der Waals surface area contributed by atoms with E-state index in [0.717, 1.165) is 11.4 Å². The third-order valence-electron chi connectivity index (χ3n) is 2.14. The van der Waals surface area contributed by atoms with Gasteiger partial charge in [0, 0.05) is 24.5 Å². The van der Waals surface area contributed by atoms with Gasteiger partial charge in [-0.25, -0.2) is 4.98 Å². The van der Waals surface area contributed by atoms with E-state index in [0.29, 0.717) is 6.54 Å². The van der Waals surface area contributed by atoms with E-state index in [1.165, 1.54) is 0 Å². The maximum Gasteiger partial charge on any atom is 0.237 e. The number of thiazole rings is 1. The third kappa shape index (κ3) is 6.83. The fourth-order valence-electron chi connectivity index (χ4n) is 1.09. The van der Waals surface area contributed by atoms with Crippen molar-refractivity contribution in [1.82, 2.24) is 10.3 Å². The quantitative estimate of drug-likeness (QED) is 0.868. The number of nitrogens with zero attached hydrogens (tertiary/aromatic N) is 1. The molecule has 1 rings (SSSR count). The molecule has 1 atom stereocenters. The van der Waals surface area contributed by atoms with Crippen LogP contribution in [0.4, 0.5) is 0 Å². The highest BCUT2D eigenvalue weighted by Gasteiger charge is 2.16. The number of carbonyl (C=O) groups excluding carboxylic acids is 1. The SMILES string of the molecule is CC(C)[C@H](N)C(=O)NCCc1nccs1.Cl.Cl. The molecule has 1 aromatic heterocycles. The van der Waals surface area contributed by atoms with Crippen LogP contribution in [0.2, 0.25) is 0 Å². The smallest absolute Gasteiger partial charge is 0.237 e. The Labute approximate surface area is 118 Å². The van der Waals surface area contributed by atoms with Crippen LogP contribution in [-0.4, -0.2) is 23.5 Å². The van der Waals surface area contributed by atoms with Crippen molar-refractivity contribution in [2.45, 2.75) is 26.3 Å². The third-order valence-corrected chi connectivity index (χ3v) is 2.98. The summed E-state index contributed by atoms with van der Waals surface area (Å²) in [4.78, 5) is 15.6. The molecule has 1 aromatic rings. The Morgan fingerprint density at radius 2 is 2.18 bits per heavy atom. The van der Waals surface area contributed by atoms with Crippen LogP contribution in [0.25, 0.3) is 0 Å². The highest BCUT2D eigenvalue weighted by molar-refractivity contribution is 7.09. The summed E-state index contributed by atoms with van der Waals surface area (Å²) >= 11 is 1.60. The average molecular weight is 300 g/mol. The Morgan fingerprint density at radius 1 is 1.53 bits per heavy atom. The molecule has 3 N–H and O–H groups in total. The van der Waals surface area contributed by atoms with E-state index >= 15 is 0 Å². The summed E-state index contributed by atoms with van der Waals surface area (Å²) in [7, 11) is 0. The van der Waals surface area contributed by atoms with Gasteiger partial charge in [-0.2, -0.15) is 0 Å². The van der Waals surface area contributed by atoms with Crippen LogP contribution in [-0.2, 0) is 11.2 Å². The first-order chi connectivity index (χ1) is 7.11. The Hall–Kier alpha value is -0.360. The molecule has 0 saturated heterocycles. The van der Waals surface area contributed by atoms with Gasteiger partial charge in [0.25, 0.3) is 0 Å². The van der Waals surface area contributed by atoms with Crippen molar-refractivity contribution < 1.29 is 4.79 Å². The maximum atomic E-state index is 11.5. The summed E-state index contributed by atoms with van der Waals surface area (Å²) in [6.07, 6.45) is 2.54. The molecule has 0 saturated carbocycles. The Kier molecular flexibility index (Phi) is 10.8. The van der Waals surface area contributed by atoms with Crippen LogP contribution in [0, 0.1) is 5.92 Å². The van der Waals surface area contributed by atoms with E-state index in [1.807, 2.05) is 19.2 Å². The lowest BCUT2D eigenvalue weighted by atomic mass is 10.1. The van der Waals surface area contributed by atoms with Crippen molar-refractivity contribution in [3.05, 3.63) is 16.6 Å². The maximum absolute atomic E-state index is 11.5. The van der Waals surface area contributed by atoms with Crippen molar-refractivity contribution in [3.8, 4) is 0 Å². The molecule has 0 unspecified atom stereocenters. The van der Waals surface area contributed by atoms with Crippen molar-refractivity contribution in [2.75, 3.05) is 6.54 Å². The second-order valence-corrected chi connectivity index (χ2v) is 4.72. The van der Waals surface area contributed by atoms with E-state index in [9.17, 15) is 4.79 Å². The largest absolute Gasteiger partial charge is 0.354 e. The topological polar surface area (TPSA) is 68.0 Å². The van der Waals surface area contributed by atoms with Crippen LogP contribution in [0.5, 0.6) is 0 Å². The predicted octanol–water partition coefficient (Wildman–Crippen LogP) is 1.63. The van der Waals surface area contributed by atoms with Gasteiger partial charge in [-0.05, 0) is 5.92 Å². The van der Waals surface area contributed by atoms with Crippen LogP contribution in [0.3, 0.4) is 0 Å². The molecule has 0 aliphatic heterocycles. The molecular weight excluding hydrogens is 281 g/mol. The van der Waals surface area contributed by atoms with Crippen molar-refractivity contribution in [3.63, 3.8) is 0 Å². The number of rotatable bonds is 5. The molecule has 0 aliphatic rings. The molecule has 1 heterocycles. The minimum Gasteiger partial charge on any atom is -0.354 e. The van der Waals surface area contributed by atoms with E-state index in [-0.39, 0.29) is 36.6 Å². The van der Waals surface area contributed by atoms with Crippen molar-refractivity contribution in [1.29, 1.82) is 0 Å². The van der Waals surface area contributed by atoms with Gasteiger partial charge in [0.2, 0.25) is 5.91 Å². The van der Waals surface area contributed by atoms with Crippen LogP contribution >= 0.6 is 36.2 Å². The number of carbonyl (C=O) groups is 1. The first-order valence-electron chi connectivity index (χ1n) is 5.03. The van der Waals surface area contributed by atoms with Crippen molar-refractivity contribution >= 4 is 42.1 Å². The molecule has 0 radical (unpaired) electrons. The number of nitrogens with one attached hydrogen (secondary N) is 1. The van der Waals surface area contributed by atoms with E-state index in [2.05, 4.69) is 10.3 Å². The summed E-state index contributed by atoms with van der Waals surface area (Å²) in [6.45, 7) is 4.48. The van der Waals surface area contributed by atoms with Gasteiger partial charge < -0.3 is 11.1 Å². The zero-order valence-corrected chi connectivity index (χ0v) is 12.3. The van der Waals surface area contributed by atoms with E-state index in [4.69, 9.17) is 5.73 Å². The molecule has 0 aliphatic carbocycles. The predicted molar refractivity (Wildman–Crippen MR) is 76.1 cm³/mol. The monoisotopic (exact) mass is 299 g/mol. The molecule has 17 heavy (non-hydrogen) atoms. The standard InChI is InChI=1S/C10H17N3OS.2ClH/c1-7(2)9(11)10(14)13-4-3-8-12-5-6-15-8;;/h5-7,9H,3-4,11H2,1-2H3,(H,13,14);2*1H/t9-;;/m0../s1. The lowest BCUT2D eigenvalue weighted by Crippen LogP contribution is -2.44.